The minimum atomic E-state index is -0.947. The lowest BCUT2D eigenvalue weighted by Crippen LogP contribution is -2.31. The van der Waals surface area contributed by atoms with Crippen molar-refractivity contribution in [2.45, 2.75) is 37.7 Å². The number of hydrogen-bond donors (Lipinski definition) is 0. The van der Waals surface area contributed by atoms with Crippen LogP contribution in [-0.4, -0.2) is 12.7 Å². The Morgan fingerprint density at radius 1 is 1.32 bits per heavy atom. The molecular weight excluding hydrogens is 293 g/mol. The molecule has 1 aromatic rings. The molecule has 1 aromatic carbocycles. The Balaban J connectivity index is 1.94. The van der Waals surface area contributed by atoms with Crippen molar-refractivity contribution in [3.8, 4) is 0 Å². The van der Waals surface area contributed by atoms with E-state index in [0.717, 1.165) is 31.6 Å². The molecule has 0 bridgehead atoms. The van der Waals surface area contributed by atoms with Gasteiger partial charge in [-0.2, -0.15) is 0 Å². The lowest BCUT2D eigenvalue weighted by Gasteiger charge is -2.36. The maximum atomic E-state index is 13.2. The van der Waals surface area contributed by atoms with E-state index in [9.17, 15) is 8.78 Å². The van der Waals surface area contributed by atoms with Crippen LogP contribution in [0.25, 0.3) is 0 Å². The van der Waals surface area contributed by atoms with Crippen molar-refractivity contribution < 1.29 is 13.5 Å². The van der Waals surface area contributed by atoms with Crippen LogP contribution in [0.2, 0.25) is 5.02 Å². The van der Waals surface area contributed by atoms with Gasteiger partial charge >= 0.3 is 0 Å². The molecule has 1 unspecified atom stereocenters. The first-order valence-corrected chi connectivity index (χ1v) is 7.22. The zero-order valence-corrected chi connectivity index (χ0v) is 12.1. The van der Waals surface area contributed by atoms with E-state index in [0.29, 0.717) is 24.0 Å². The molecule has 0 amide bonds. The minimum Gasteiger partial charge on any atom is -0.378 e. The van der Waals surface area contributed by atoms with Crippen LogP contribution in [-0.2, 0) is 4.74 Å². The van der Waals surface area contributed by atoms with E-state index in [1.54, 1.807) is 0 Å². The quantitative estimate of drug-likeness (QED) is 0.543. The summed E-state index contributed by atoms with van der Waals surface area (Å²) in [6, 6.07) is 2.07. The van der Waals surface area contributed by atoms with E-state index in [4.69, 9.17) is 27.9 Å². The minimum absolute atomic E-state index is 0.180. The van der Waals surface area contributed by atoms with E-state index in [1.807, 2.05) is 6.92 Å². The van der Waals surface area contributed by atoms with Crippen LogP contribution in [0.3, 0.4) is 0 Å². The van der Waals surface area contributed by atoms with Gasteiger partial charge in [0.2, 0.25) is 0 Å². The zero-order chi connectivity index (χ0) is 14.0. The van der Waals surface area contributed by atoms with Gasteiger partial charge < -0.3 is 4.74 Å². The Kier molecular flexibility index (Phi) is 5.04. The lowest BCUT2D eigenvalue weighted by atomic mass is 9.78. The topological polar surface area (TPSA) is 9.23 Å². The monoisotopic (exact) mass is 308 g/mol. The highest BCUT2D eigenvalue weighted by Gasteiger charge is 2.32. The zero-order valence-electron chi connectivity index (χ0n) is 10.6. The van der Waals surface area contributed by atoms with Crippen LogP contribution in [0.15, 0.2) is 12.1 Å². The third-order valence-corrected chi connectivity index (χ3v) is 4.25. The molecule has 1 aliphatic rings. The van der Waals surface area contributed by atoms with E-state index < -0.39 is 17.0 Å². The second-order valence-corrected chi connectivity index (χ2v) is 5.84. The number of hydrogen-bond acceptors (Lipinski definition) is 1. The van der Waals surface area contributed by atoms with Crippen LogP contribution in [0.4, 0.5) is 8.78 Å². The fourth-order valence-corrected chi connectivity index (χ4v) is 3.21. The van der Waals surface area contributed by atoms with Gasteiger partial charge in [0.1, 0.15) is 0 Å². The molecule has 1 nitrogen and oxygen atoms in total. The Morgan fingerprint density at radius 2 is 1.95 bits per heavy atom. The van der Waals surface area contributed by atoms with Gasteiger partial charge in [-0.1, -0.05) is 11.6 Å². The first-order chi connectivity index (χ1) is 9.01. The molecule has 1 atom stereocenters. The summed E-state index contributed by atoms with van der Waals surface area (Å²) in [7, 11) is 0. The van der Waals surface area contributed by atoms with Crippen molar-refractivity contribution in [3.63, 3.8) is 0 Å². The van der Waals surface area contributed by atoms with Crippen LogP contribution < -0.4 is 0 Å². The summed E-state index contributed by atoms with van der Waals surface area (Å²) >= 11 is 12.2. The number of rotatable bonds is 5. The molecule has 2 rings (SSSR count). The highest BCUT2D eigenvalue weighted by Crippen LogP contribution is 2.41. The Labute approximate surface area is 121 Å². The van der Waals surface area contributed by atoms with Gasteiger partial charge in [-0.3, -0.25) is 0 Å². The van der Waals surface area contributed by atoms with Gasteiger partial charge in [0.05, 0.1) is 11.5 Å². The molecule has 1 aliphatic carbocycles. The smallest absolute Gasteiger partial charge is 0.160 e. The van der Waals surface area contributed by atoms with Gasteiger partial charge in [0, 0.05) is 11.6 Å². The van der Waals surface area contributed by atoms with Gasteiger partial charge in [-0.15, -0.1) is 11.6 Å². The summed E-state index contributed by atoms with van der Waals surface area (Å²) in [6.07, 6.45) is 2.96. The third-order valence-electron chi connectivity index (χ3n) is 3.51. The largest absolute Gasteiger partial charge is 0.378 e. The van der Waals surface area contributed by atoms with E-state index in [1.165, 1.54) is 0 Å². The molecular formula is C14H16Cl2F2O. The highest BCUT2D eigenvalue weighted by molar-refractivity contribution is 6.32. The van der Waals surface area contributed by atoms with Gasteiger partial charge in [0.25, 0.3) is 0 Å². The predicted octanol–water partition coefficient (Wildman–Crippen LogP) is 5.10. The second-order valence-electron chi connectivity index (χ2n) is 4.91. The maximum Gasteiger partial charge on any atom is 0.160 e. The third kappa shape index (κ3) is 3.59. The molecule has 0 aliphatic heterocycles. The summed E-state index contributed by atoms with van der Waals surface area (Å²) in [6.45, 7) is 2.69. The molecule has 0 aromatic heterocycles. The Hall–Kier alpha value is -0.380. The first-order valence-electron chi connectivity index (χ1n) is 6.41. The fourth-order valence-electron chi connectivity index (χ4n) is 2.44. The molecule has 0 heterocycles. The summed E-state index contributed by atoms with van der Waals surface area (Å²) in [5.41, 5.74) is 0.460. The van der Waals surface area contributed by atoms with E-state index >= 15 is 0 Å². The Bertz CT molecular complexity index is 447. The molecule has 0 saturated heterocycles. The molecule has 19 heavy (non-hydrogen) atoms. The number of ether oxygens (including phenoxy) is 1. The average Bonchev–Trinajstić information content (AvgIpc) is 2.31. The molecule has 1 saturated carbocycles. The van der Waals surface area contributed by atoms with Gasteiger partial charge in [0.15, 0.2) is 11.6 Å². The maximum absolute atomic E-state index is 13.2. The summed E-state index contributed by atoms with van der Waals surface area (Å²) in [4.78, 5) is 0. The van der Waals surface area contributed by atoms with Crippen LogP contribution in [0, 0.1) is 17.6 Å². The summed E-state index contributed by atoms with van der Waals surface area (Å²) in [5.74, 6) is -1.40. The number of halogens is 4. The first kappa shape index (κ1) is 15.0. The van der Waals surface area contributed by atoms with Crippen LogP contribution >= 0.6 is 23.2 Å². The lowest BCUT2D eigenvalue weighted by molar-refractivity contribution is -0.0267. The van der Waals surface area contributed by atoms with E-state index in [-0.39, 0.29) is 5.02 Å². The Morgan fingerprint density at radius 3 is 2.58 bits per heavy atom. The van der Waals surface area contributed by atoms with Gasteiger partial charge in [-0.05, 0) is 49.8 Å². The number of alkyl halides is 1. The van der Waals surface area contributed by atoms with Crippen LogP contribution in [0.1, 0.15) is 37.1 Å². The van der Waals surface area contributed by atoms with Crippen molar-refractivity contribution in [1.29, 1.82) is 0 Å². The molecule has 0 radical (unpaired) electrons. The van der Waals surface area contributed by atoms with Crippen LogP contribution in [0.5, 0.6) is 0 Å². The molecule has 0 N–H and O–H groups in total. The SMILES string of the molecule is CCOC1CC(CC(Cl)c2cc(F)c(F)cc2Cl)C1. The predicted molar refractivity (Wildman–Crippen MR) is 72.7 cm³/mol. The van der Waals surface area contributed by atoms with Gasteiger partial charge in [-0.25, -0.2) is 8.78 Å². The van der Waals surface area contributed by atoms with Crippen molar-refractivity contribution in [2.24, 2.45) is 5.92 Å². The van der Waals surface area contributed by atoms with E-state index in [2.05, 4.69) is 0 Å². The highest BCUT2D eigenvalue weighted by atomic mass is 35.5. The summed E-state index contributed by atoms with van der Waals surface area (Å²) in [5, 5.41) is -0.213. The molecule has 1 fully saturated rings. The average molecular weight is 309 g/mol. The van der Waals surface area contributed by atoms with Crippen molar-refractivity contribution in [3.05, 3.63) is 34.4 Å². The van der Waals surface area contributed by atoms with Crippen molar-refractivity contribution >= 4 is 23.2 Å². The molecule has 5 heteroatoms. The summed E-state index contributed by atoms with van der Waals surface area (Å²) < 4.78 is 31.7. The normalized spacial score (nSPS) is 24.1. The van der Waals surface area contributed by atoms with Crippen molar-refractivity contribution in [2.75, 3.05) is 6.61 Å². The second kappa shape index (κ2) is 6.38. The number of benzene rings is 1. The molecule has 0 spiro atoms. The van der Waals surface area contributed by atoms with Crippen molar-refractivity contribution in [1.82, 2.24) is 0 Å². The fraction of sp³-hybridized carbons (Fsp3) is 0.571. The molecule has 106 valence electrons. The standard InChI is InChI=1S/C14H16Cl2F2O/c1-2-19-9-3-8(4-9)5-11(15)10-6-13(17)14(18)7-12(10)16/h6-9,11H,2-5H2,1H3.